The average molecular weight is 342 g/mol. The fourth-order valence-electron chi connectivity index (χ4n) is 5.64. The molecule has 0 aliphatic carbocycles. The zero-order valence-corrected chi connectivity index (χ0v) is 15.0. The Morgan fingerprint density at radius 2 is 1.48 bits per heavy atom. The molecule has 0 saturated carbocycles. The van der Waals surface area contributed by atoms with Crippen molar-refractivity contribution in [2.24, 2.45) is 5.41 Å². The van der Waals surface area contributed by atoms with Crippen molar-refractivity contribution in [2.45, 2.75) is 56.9 Å². The van der Waals surface area contributed by atoms with Crippen molar-refractivity contribution in [3.8, 4) is 0 Å². The van der Waals surface area contributed by atoms with Crippen LogP contribution in [0, 0.1) is 5.41 Å². The van der Waals surface area contributed by atoms with E-state index in [4.69, 9.17) is 0 Å². The topological polar surface area (TPSA) is 52.7 Å². The minimum atomic E-state index is -3.14. The van der Waals surface area contributed by atoms with Crippen LogP contribution in [0.5, 0.6) is 0 Å². The van der Waals surface area contributed by atoms with Gasteiger partial charge in [0.15, 0.2) is 0 Å². The van der Waals surface area contributed by atoms with Gasteiger partial charge in [-0.2, -0.15) is 0 Å². The summed E-state index contributed by atoms with van der Waals surface area (Å²) in [6, 6.07) is 0. The van der Waals surface area contributed by atoms with Crippen LogP contribution in [0.15, 0.2) is 0 Å². The van der Waals surface area contributed by atoms with Gasteiger partial charge in [-0.25, -0.2) is 13.1 Å². The van der Waals surface area contributed by atoms with Gasteiger partial charge in [-0.3, -0.25) is 4.90 Å². The Bertz CT molecular complexity index is 516. The maximum atomic E-state index is 12.6. The third kappa shape index (κ3) is 3.20. The number of hydrogen-bond acceptors (Lipinski definition) is 4. The molecule has 0 amide bonds. The quantitative estimate of drug-likeness (QED) is 0.794. The lowest BCUT2D eigenvalue weighted by atomic mass is 9.74. The van der Waals surface area contributed by atoms with E-state index in [0.29, 0.717) is 17.8 Å². The first-order valence-corrected chi connectivity index (χ1v) is 11.1. The van der Waals surface area contributed by atoms with E-state index in [1.807, 2.05) is 0 Å². The van der Waals surface area contributed by atoms with E-state index in [-0.39, 0.29) is 5.41 Å². The molecule has 0 aromatic carbocycles. The zero-order valence-electron chi connectivity index (χ0n) is 14.2. The molecule has 0 aromatic rings. The van der Waals surface area contributed by atoms with Gasteiger partial charge in [0, 0.05) is 12.1 Å². The van der Waals surface area contributed by atoms with Crippen molar-refractivity contribution in [1.29, 1.82) is 0 Å². The van der Waals surface area contributed by atoms with Gasteiger partial charge in [-0.1, -0.05) is 0 Å². The Kier molecular flexibility index (Phi) is 4.23. The molecule has 5 aliphatic rings. The third-order valence-electron chi connectivity index (χ3n) is 7.09. The van der Waals surface area contributed by atoms with E-state index in [0.717, 1.165) is 45.3 Å². The molecule has 6 heteroatoms. The van der Waals surface area contributed by atoms with Crippen molar-refractivity contribution >= 4 is 10.0 Å². The summed E-state index contributed by atoms with van der Waals surface area (Å²) in [6.45, 7) is 6.33. The molecule has 0 radical (unpaired) electrons. The summed E-state index contributed by atoms with van der Waals surface area (Å²) in [5.41, 5.74) is 0.378. The van der Waals surface area contributed by atoms with Gasteiger partial charge in [0.1, 0.15) is 0 Å². The van der Waals surface area contributed by atoms with E-state index < -0.39 is 10.0 Å². The molecular formula is C17H31N3O2S. The summed E-state index contributed by atoms with van der Waals surface area (Å²) < 4.78 is 28.2. The summed E-state index contributed by atoms with van der Waals surface area (Å²) in [7, 11) is -3.14. The lowest BCUT2D eigenvalue weighted by Gasteiger charge is -2.48. The SMILES string of the molecule is O=S(=O)(CC12CCN(CC1)CC2)NCCC12CCCN1CCC2. The van der Waals surface area contributed by atoms with Crippen LogP contribution in [0.2, 0.25) is 0 Å². The van der Waals surface area contributed by atoms with Gasteiger partial charge in [-0.15, -0.1) is 0 Å². The molecule has 5 rings (SSSR count). The molecule has 5 heterocycles. The fourth-order valence-corrected chi connectivity index (χ4v) is 7.39. The van der Waals surface area contributed by atoms with Gasteiger partial charge in [0.25, 0.3) is 0 Å². The Morgan fingerprint density at radius 1 is 0.870 bits per heavy atom. The standard InChI is InChI=1S/C17H31N3O2S/c21-23(22,15-16-6-12-19(13-7-16)14-8-16)18-9-5-17-3-1-10-20(17)11-2-4-17/h18H,1-15H2. The normalized spacial score (nSPS) is 36.4. The van der Waals surface area contributed by atoms with Crippen molar-refractivity contribution in [3.63, 3.8) is 0 Å². The molecular weight excluding hydrogens is 310 g/mol. The Labute approximate surface area is 140 Å². The van der Waals surface area contributed by atoms with Gasteiger partial charge in [0.2, 0.25) is 10.0 Å². The summed E-state index contributed by atoms with van der Waals surface area (Å²) in [6.07, 6.45) is 9.26. The molecule has 132 valence electrons. The molecule has 5 fully saturated rings. The lowest BCUT2D eigenvalue weighted by Crippen LogP contribution is -2.52. The maximum Gasteiger partial charge on any atom is 0.212 e. The zero-order chi connectivity index (χ0) is 16.0. The predicted molar refractivity (Wildman–Crippen MR) is 91.9 cm³/mol. The number of nitrogens with zero attached hydrogens (tertiary/aromatic N) is 2. The highest BCUT2D eigenvalue weighted by Gasteiger charge is 2.44. The highest BCUT2D eigenvalue weighted by molar-refractivity contribution is 7.89. The molecule has 1 N–H and O–H groups in total. The Balaban J connectivity index is 1.31. The second-order valence-corrected chi connectivity index (χ2v) is 10.2. The number of piperidine rings is 3. The van der Waals surface area contributed by atoms with E-state index >= 15 is 0 Å². The van der Waals surface area contributed by atoms with Crippen LogP contribution < -0.4 is 4.72 Å². The second kappa shape index (κ2) is 5.97. The fraction of sp³-hybridized carbons (Fsp3) is 1.00. The Morgan fingerprint density at radius 3 is 2.09 bits per heavy atom. The first-order valence-electron chi connectivity index (χ1n) is 9.46. The van der Waals surface area contributed by atoms with Crippen LogP contribution in [0.1, 0.15) is 51.4 Å². The van der Waals surface area contributed by atoms with Crippen LogP contribution in [-0.2, 0) is 10.0 Å². The predicted octanol–water partition coefficient (Wildman–Crippen LogP) is 1.41. The Hall–Kier alpha value is -0.170. The molecule has 5 saturated heterocycles. The molecule has 0 spiro atoms. The van der Waals surface area contributed by atoms with Crippen LogP contribution in [-0.4, -0.2) is 68.8 Å². The first kappa shape index (κ1) is 16.3. The average Bonchev–Trinajstić information content (AvgIpc) is 3.07. The number of sulfonamides is 1. The van der Waals surface area contributed by atoms with E-state index in [9.17, 15) is 8.42 Å². The smallest absolute Gasteiger partial charge is 0.212 e. The van der Waals surface area contributed by atoms with E-state index in [1.165, 1.54) is 38.8 Å². The monoisotopic (exact) mass is 341 g/mol. The first-order chi connectivity index (χ1) is 11.0. The van der Waals surface area contributed by atoms with Gasteiger partial charge in [0.05, 0.1) is 5.75 Å². The summed E-state index contributed by atoms with van der Waals surface area (Å²) >= 11 is 0. The summed E-state index contributed by atoms with van der Waals surface area (Å²) in [4.78, 5) is 5.08. The lowest BCUT2D eigenvalue weighted by molar-refractivity contribution is 0.0426. The van der Waals surface area contributed by atoms with Crippen LogP contribution >= 0.6 is 0 Å². The molecule has 0 aromatic heterocycles. The molecule has 0 unspecified atom stereocenters. The van der Waals surface area contributed by atoms with Crippen LogP contribution in [0.3, 0.4) is 0 Å². The van der Waals surface area contributed by atoms with Crippen molar-refractivity contribution in [1.82, 2.24) is 14.5 Å². The summed E-state index contributed by atoms with van der Waals surface area (Å²) in [5.74, 6) is 0.352. The highest BCUT2D eigenvalue weighted by atomic mass is 32.2. The minimum Gasteiger partial charge on any atom is -0.303 e. The van der Waals surface area contributed by atoms with Gasteiger partial charge >= 0.3 is 0 Å². The largest absolute Gasteiger partial charge is 0.303 e. The van der Waals surface area contributed by atoms with E-state index in [1.54, 1.807) is 0 Å². The third-order valence-corrected chi connectivity index (χ3v) is 8.73. The number of fused-ring (bicyclic) bond motifs is 4. The molecule has 0 atom stereocenters. The highest BCUT2D eigenvalue weighted by Crippen LogP contribution is 2.42. The molecule has 23 heavy (non-hydrogen) atoms. The van der Waals surface area contributed by atoms with Crippen molar-refractivity contribution < 1.29 is 8.42 Å². The number of hydrogen-bond donors (Lipinski definition) is 1. The van der Waals surface area contributed by atoms with Crippen LogP contribution in [0.25, 0.3) is 0 Å². The summed E-state index contributed by atoms with van der Waals surface area (Å²) in [5, 5.41) is 0. The minimum absolute atomic E-state index is 0.0611. The molecule has 5 nitrogen and oxygen atoms in total. The van der Waals surface area contributed by atoms with Gasteiger partial charge in [-0.05, 0) is 89.5 Å². The van der Waals surface area contributed by atoms with Crippen molar-refractivity contribution in [3.05, 3.63) is 0 Å². The number of rotatable bonds is 6. The maximum absolute atomic E-state index is 12.6. The molecule has 5 aliphatic heterocycles. The molecule has 2 bridgehead atoms. The van der Waals surface area contributed by atoms with Crippen molar-refractivity contribution in [2.75, 3.05) is 45.0 Å². The second-order valence-electron chi connectivity index (χ2n) is 8.41. The van der Waals surface area contributed by atoms with Gasteiger partial charge < -0.3 is 4.90 Å². The van der Waals surface area contributed by atoms with E-state index in [2.05, 4.69) is 14.5 Å². The van der Waals surface area contributed by atoms with Crippen LogP contribution in [0.4, 0.5) is 0 Å². The number of nitrogens with one attached hydrogen (secondary N) is 1.